The molecule has 0 fully saturated rings. The van der Waals surface area contributed by atoms with Crippen LogP contribution in [0.4, 0.5) is 28.9 Å². The summed E-state index contributed by atoms with van der Waals surface area (Å²) >= 11 is 0. The van der Waals surface area contributed by atoms with Crippen LogP contribution in [0.3, 0.4) is 0 Å². The van der Waals surface area contributed by atoms with Gasteiger partial charge in [-0.2, -0.15) is 8.78 Å². The summed E-state index contributed by atoms with van der Waals surface area (Å²) in [5.74, 6) is -2.26. The lowest BCUT2D eigenvalue weighted by molar-refractivity contribution is -0.116. The Hall–Kier alpha value is -2.97. The number of hydrogen-bond acceptors (Lipinski definition) is 4. The summed E-state index contributed by atoms with van der Waals surface area (Å²) in [6.07, 6.45) is 0. The second-order valence-corrected chi connectivity index (χ2v) is 5.22. The van der Waals surface area contributed by atoms with Gasteiger partial charge in [-0.1, -0.05) is 0 Å². The van der Waals surface area contributed by atoms with Crippen molar-refractivity contribution in [2.45, 2.75) is 19.6 Å². The van der Waals surface area contributed by atoms with Crippen molar-refractivity contribution >= 4 is 17.3 Å². The molecule has 0 saturated carbocycles. The van der Waals surface area contributed by atoms with E-state index in [2.05, 4.69) is 15.4 Å². The molecule has 2 aromatic carbocycles. The number of benzene rings is 2. The molecule has 1 amide bonds. The third-order valence-electron chi connectivity index (χ3n) is 3.34. The van der Waals surface area contributed by atoms with Gasteiger partial charge in [0.2, 0.25) is 5.91 Å². The summed E-state index contributed by atoms with van der Waals surface area (Å²) in [4.78, 5) is 12.1. The quantitative estimate of drug-likeness (QED) is 0.721. The fraction of sp³-hybridized carbons (Fsp3) is 0.235. The van der Waals surface area contributed by atoms with E-state index in [0.717, 1.165) is 18.2 Å². The van der Waals surface area contributed by atoms with Crippen LogP contribution in [0, 0.1) is 11.6 Å². The minimum absolute atomic E-state index is 0.0924. The summed E-state index contributed by atoms with van der Waals surface area (Å²) < 4.78 is 60.9. The number of methoxy groups -OCH3 is 1. The topological polar surface area (TPSA) is 59.6 Å². The van der Waals surface area contributed by atoms with Crippen molar-refractivity contribution in [1.29, 1.82) is 0 Å². The van der Waals surface area contributed by atoms with Gasteiger partial charge < -0.3 is 20.1 Å². The Morgan fingerprint density at radius 1 is 1.08 bits per heavy atom. The summed E-state index contributed by atoms with van der Waals surface area (Å²) in [6, 6.07) is 5.89. The molecule has 0 aliphatic carbocycles. The maximum Gasteiger partial charge on any atom is 0.387 e. The van der Waals surface area contributed by atoms with Gasteiger partial charge in [-0.3, -0.25) is 4.79 Å². The number of ether oxygens (including phenoxy) is 2. The van der Waals surface area contributed by atoms with E-state index in [-0.39, 0.29) is 17.2 Å². The lowest BCUT2D eigenvalue weighted by atomic mass is 10.2. The lowest BCUT2D eigenvalue weighted by Gasteiger charge is -2.17. The molecular weight excluding hydrogens is 356 g/mol. The highest BCUT2D eigenvalue weighted by atomic mass is 19.3. The van der Waals surface area contributed by atoms with E-state index in [4.69, 9.17) is 4.74 Å². The van der Waals surface area contributed by atoms with Gasteiger partial charge in [0.05, 0.1) is 12.8 Å². The first kappa shape index (κ1) is 19.4. The molecular formula is C17H16F4N2O3. The van der Waals surface area contributed by atoms with Gasteiger partial charge in [0, 0.05) is 17.8 Å². The first-order chi connectivity index (χ1) is 12.3. The first-order valence-corrected chi connectivity index (χ1v) is 7.45. The van der Waals surface area contributed by atoms with E-state index in [9.17, 15) is 22.4 Å². The van der Waals surface area contributed by atoms with Crippen molar-refractivity contribution in [3.8, 4) is 11.5 Å². The smallest absolute Gasteiger partial charge is 0.387 e. The number of nitrogens with one attached hydrogen (secondary N) is 2. The largest absolute Gasteiger partial charge is 0.493 e. The maximum absolute atomic E-state index is 13.6. The molecule has 0 aliphatic rings. The van der Waals surface area contributed by atoms with Gasteiger partial charge >= 0.3 is 6.61 Å². The van der Waals surface area contributed by atoms with Crippen LogP contribution in [0.25, 0.3) is 0 Å². The average molecular weight is 372 g/mol. The number of carbonyl (C=O) groups excluding carboxylic acids is 1. The van der Waals surface area contributed by atoms with Crippen molar-refractivity contribution in [3.05, 3.63) is 48.0 Å². The molecule has 26 heavy (non-hydrogen) atoms. The molecule has 1 atom stereocenters. The van der Waals surface area contributed by atoms with Crippen LogP contribution in [0.2, 0.25) is 0 Å². The highest BCUT2D eigenvalue weighted by Crippen LogP contribution is 2.31. The monoisotopic (exact) mass is 372 g/mol. The molecule has 2 rings (SSSR count). The molecule has 9 heteroatoms. The number of carbonyl (C=O) groups is 1. The zero-order valence-corrected chi connectivity index (χ0v) is 13.9. The number of amides is 1. The minimum atomic E-state index is -3.05. The Labute approximate surface area is 146 Å². The van der Waals surface area contributed by atoms with Crippen molar-refractivity contribution in [2.24, 2.45) is 0 Å². The van der Waals surface area contributed by atoms with E-state index in [1.807, 2.05) is 0 Å². The van der Waals surface area contributed by atoms with Gasteiger partial charge in [-0.05, 0) is 31.2 Å². The van der Waals surface area contributed by atoms with Crippen LogP contribution < -0.4 is 20.1 Å². The zero-order chi connectivity index (χ0) is 19.3. The summed E-state index contributed by atoms with van der Waals surface area (Å²) in [5.41, 5.74) is -0.0103. The van der Waals surface area contributed by atoms with Gasteiger partial charge in [0.25, 0.3) is 0 Å². The number of halogens is 4. The van der Waals surface area contributed by atoms with Crippen LogP contribution in [0.15, 0.2) is 36.4 Å². The lowest BCUT2D eigenvalue weighted by Crippen LogP contribution is -2.32. The molecule has 0 aliphatic heterocycles. The Balaban J connectivity index is 2.09. The molecule has 0 spiro atoms. The van der Waals surface area contributed by atoms with Crippen molar-refractivity contribution in [3.63, 3.8) is 0 Å². The van der Waals surface area contributed by atoms with Crippen molar-refractivity contribution in [1.82, 2.24) is 0 Å². The highest BCUT2D eigenvalue weighted by Gasteiger charge is 2.17. The normalized spacial score (nSPS) is 11.8. The SMILES string of the molecule is COc1ccc(N[C@H](C)C(=O)Nc2cc(F)ccc2F)cc1OC(F)F. The Morgan fingerprint density at radius 3 is 2.46 bits per heavy atom. The molecule has 5 nitrogen and oxygen atoms in total. The number of anilines is 2. The van der Waals surface area contributed by atoms with E-state index in [0.29, 0.717) is 5.69 Å². The number of alkyl halides is 2. The minimum Gasteiger partial charge on any atom is -0.493 e. The molecule has 0 heterocycles. The second kappa shape index (κ2) is 8.41. The van der Waals surface area contributed by atoms with Gasteiger partial charge in [0.15, 0.2) is 11.5 Å². The van der Waals surface area contributed by atoms with Crippen LogP contribution in [0.5, 0.6) is 11.5 Å². The van der Waals surface area contributed by atoms with Crippen LogP contribution >= 0.6 is 0 Å². The molecule has 2 N–H and O–H groups in total. The third-order valence-corrected chi connectivity index (χ3v) is 3.34. The molecule has 140 valence electrons. The van der Waals surface area contributed by atoms with E-state index in [1.165, 1.54) is 32.2 Å². The third kappa shape index (κ3) is 5.01. The van der Waals surface area contributed by atoms with Crippen molar-refractivity contribution in [2.75, 3.05) is 17.7 Å². The summed E-state index contributed by atoms with van der Waals surface area (Å²) in [5, 5.41) is 5.00. The fourth-order valence-corrected chi connectivity index (χ4v) is 2.10. The summed E-state index contributed by atoms with van der Waals surface area (Å²) in [6.45, 7) is -1.58. The molecule has 0 bridgehead atoms. The second-order valence-electron chi connectivity index (χ2n) is 5.22. The van der Waals surface area contributed by atoms with Gasteiger partial charge in [-0.15, -0.1) is 0 Å². The fourth-order valence-electron chi connectivity index (χ4n) is 2.10. The molecule has 0 saturated heterocycles. The average Bonchev–Trinajstić information content (AvgIpc) is 2.57. The van der Waals surface area contributed by atoms with E-state index in [1.54, 1.807) is 0 Å². The number of rotatable bonds is 7. The van der Waals surface area contributed by atoms with Crippen molar-refractivity contribution < 1.29 is 31.8 Å². The van der Waals surface area contributed by atoms with Gasteiger partial charge in [-0.25, -0.2) is 8.78 Å². The predicted octanol–water partition coefficient (Wildman–Crippen LogP) is 4.01. The van der Waals surface area contributed by atoms with Crippen LogP contribution in [-0.4, -0.2) is 25.7 Å². The highest BCUT2D eigenvalue weighted by molar-refractivity contribution is 5.96. The predicted molar refractivity (Wildman–Crippen MR) is 87.7 cm³/mol. The van der Waals surface area contributed by atoms with Crippen LogP contribution in [0.1, 0.15) is 6.92 Å². The number of hydrogen-bond donors (Lipinski definition) is 2. The maximum atomic E-state index is 13.6. The molecule has 0 aromatic heterocycles. The molecule has 0 unspecified atom stereocenters. The Morgan fingerprint density at radius 2 is 1.81 bits per heavy atom. The summed E-state index contributed by atoms with van der Waals surface area (Å²) in [7, 11) is 1.30. The van der Waals surface area contributed by atoms with E-state index >= 15 is 0 Å². The van der Waals surface area contributed by atoms with Gasteiger partial charge in [0.1, 0.15) is 17.7 Å². The Kier molecular flexibility index (Phi) is 6.26. The standard InChI is InChI=1S/C17H16F4N2O3/c1-9(16(24)23-13-7-10(18)3-5-12(13)19)22-11-4-6-14(25-2)15(8-11)26-17(20)21/h3-9,17,22H,1-2H3,(H,23,24)/t9-/m1/s1. The zero-order valence-electron chi connectivity index (χ0n) is 13.9. The molecule has 2 aromatic rings. The molecule has 0 radical (unpaired) electrons. The van der Waals surface area contributed by atoms with E-state index < -0.39 is 30.2 Å². The Bertz CT molecular complexity index is 787. The van der Waals surface area contributed by atoms with Crippen LogP contribution in [-0.2, 0) is 4.79 Å². The first-order valence-electron chi connectivity index (χ1n) is 7.45.